The predicted molar refractivity (Wildman–Crippen MR) is 51.6 cm³/mol. The molecule has 1 aromatic heterocycles. The molecule has 0 atom stereocenters. The first-order valence-electron chi connectivity index (χ1n) is 4.16. The Labute approximate surface area is 86.3 Å². The summed E-state index contributed by atoms with van der Waals surface area (Å²) < 4.78 is 13.0. The fourth-order valence-electron chi connectivity index (χ4n) is 0.970. The van der Waals surface area contributed by atoms with Crippen LogP contribution in [0.15, 0.2) is 18.3 Å². The second-order valence-corrected chi connectivity index (χ2v) is 2.93. The van der Waals surface area contributed by atoms with Crippen LogP contribution in [0.4, 0.5) is 4.39 Å². The maximum Gasteiger partial charge on any atom is 0.234 e. The van der Waals surface area contributed by atoms with Crippen molar-refractivity contribution in [2.45, 2.75) is 6.42 Å². The molecule has 0 fully saturated rings. The summed E-state index contributed by atoms with van der Waals surface area (Å²) >= 11 is 5.26. The number of pyridine rings is 1. The molecule has 0 unspecified atom stereocenters. The molecule has 1 heterocycles. The summed E-state index contributed by atoms with van der Waals surface area (Å²) in [6.07, 6.45) is 1.89. The van der Waals surface area contributed by atoms with E-state index in [9.17, 15) is 9.18 Å². The Morgan fingerprint density at radius 2 is 2.43 bits per heavy atom. The lowest BCUT2D eigenvalue weighted by molar-refractivity contribution is -0.118. The zero-order chi connectivity index (χ0) is 10.4. The van der Waals surface area contributed by atoms with Gasteiger partial charge in [-0.2, -0.15) is 0 Å². The van der Waals surface area contributed by atoms with Crippen molar-refractivity contribution in [2.75, 3.05) is 12.4 Å². The van der Waals surface area contributed by atoms with Gasteiger partial charge in [0.05, 0.1) is 5.69 Å². The third-order valence-electron chi connectivity index (χ3n) is 1.64. The van der Waals surface area contributed by atoms with E-state index < -0.39 is 0 Å². The fourth-order valence-corrected chi connectivity index (χ4v) is 1.06. The SMILES string of the molecule is O=C(CCl)NCCc1ncccc1F. The van der Waals surface area contributed by atoms with Gasteiger partial charge in [0, 0.05) is 19.2 Å². The van der Waals surface area contributed by atoms with E-state index in [1.807, 2.05) is 0 Å². The highest BCUT2D eigenvalue weighted by atomic mass is 35.5. The second-order valence-electron chi connectivity index (χ2n) is 2.67. The third kappa shape index (κ3) is 3.30. The van der Waals surface area contributed by atoms with E-state index in [0.717, 1.165) is 0 Å². The van der Waals surface area contributed by atoms with Gasteiger partial charge < -0.3 is 5.32 Å². The number of carbonyl (C=O) groups excluding carboxylic acids is 1. The number of hydrogen-bond acceptors (Lipinski definition) is 2. The van der Waals surface area contributed by atoms with Gasteiger partial charge in [-0.3, -0.25) is 9.78 Å². The summed E-state index contributed by atoms with van der Waals surface area (Å²) in [5.41, 5.74) is 0.349. The highest BCUT2D eigenvalue weighted by molar-refractivity contribution is 6.27. The number of nitrogens with one attached hydrogen (secondary N) is 1. The number of carbonyl (C=O) groups is 1. The van der Waals surface area contributed by atoms with Crippen molar-refractivity contribution in [2.24, 2.45) is 0 Å². The number of aromatic nitrogens is 1. The van der Waals surface area contributed by atoms with Gasteiger partial charge in [0.15, 0.2) is 0 Å². The van der Waals surface area contributed by atoms with Crippen LogP contribution < -0.4 is 5.32 Å². The molecule has 1 N–H and O–H groups in total. The average Bonchev–Trinajstić information content (AvgIpc) is 2.20. The zero-order valence-electron chi connectivity index (χ0n) is 7.46. The normalized spacial score (nSPS) is 9.86. The molecule has 0 aliphatic heterocycles. The molecule has 0 radical (unpaired) electrons. The van der Waals surface area contributed by atoms with E-state index in [-0.39, 0.29) is 17.6 Å². The first-order valence-corrected chi connectivity index (χ1v) is 4.69. The lowest BCUT2D eigenvalue weighted by Gasteiger charge is -2.02. The molecule has 0 aromatic carbocycles. The van der Waals surface area contributed by atoms with Crippen LogP contribution in [0.3, 0.4) is 0 Å². The molecule has 1 amide bonds. The summed E-state index contributed by atoms with van der Waals surface area (Å²) in [5, 5.41) is 2.53. The van der Waals surface area contributed by atoms with Crippen molar-refractivity contribution in [3.05, 3.63) is 29.8 Å². The van der Waals surface area contributed by atoms with E-state index in [0.29, 0.717) is 18.7 Å². The van der Waals surface area contributed by atoms with Crippen molar-refractivity contribution < 1.29 is 9.18 Å². The second kappa shape index (κ2) is 5.54. The van der Waals surface area contributed by atoms with Gasteiger partial charge in [0.1, 0.15) is 11.7 Å². The minimum atomic E-state index is -0.354. The highest BCUT2D eigenvalue weighted by Gasteiger charge is 2.02. The molecule has 1 aromatic rings. The van der Waals surface area contributed by atoms with Gasteiger partial charge in [-0.05, 0) is 12.1 Å². The fraction of sp³-hybridized carbons (Fsp3) is 0.333. The summed E-state index contributed by atoms with van der Waals surface area (Å²) in [6, 6.07) is 2.86. The molecule has 0 aliphatic rings. The van der Waals surface area contributed by atoms with Gasteiger partial charge in [0.25, 0.3) is 0 Å². The quantitative estimate of drug-likeness (QED) is 0.767. The van der Waals surface area contributed by atoms with Crippen LogP contribution in [-0.4, -0.2) is 23.3 Å². The lowest BCUT2D eigenvalue weighted by Crippen LogP contribution is -2.26. The Kier molecular flexibility index (Phi) is 4.32. The molecule has 14 heavy (non-hydrogen) atoms. The Morgan fingerprint density at radius 3 is 3.07 bits per heavy atom. The van der Waals surface area contributed by atoms with Crippen molar-refractivity contribution in [1.82, 2.24) is 10.3 Å². The van der Waals surface area contributed by atoms with Crippen LogP contribution >= 0.6 is 11.6 Å². The molecule has 0 saturated heterocycles. The monoisotopic (exact) mass is 216 g/mol. The van der Waals surface area contributed by atoms with Gasteiger partial charge in [-0.15, -0.1) is 11.6 Å². The summed E-state index contributed by atoms with van der Waals surface area (Å²) in [6.45, 7) is 0.347. The molecule has 0 spiro atoms. The van der Waals surface area contributed by atoms with Gasteiger partial charge >= 0.3 is 0 Å². The van der Waals surface area contributed by atoms with Gasteiger partial charge in [-0.25, -0.2) is 4.39 Å². The number of halogens is 2. The van der Waals surface area contributed by atoms with Crippen LogP contribution in [0.2, 0.25) is 0 Å². The first kappa shape index (κ1) is 10.9. The Morgan fingerprint density at radius 1 is 1.64 bits per heavy atom. The molecular formula is C9H10ClFN2O. The smallest absolute Gasteiger partial charge is 0.234 e. The Hall–Kier alpha value is -1.16. The number of alkyl halides is 1. The number of rotatable bonds is 4. The number of hydrogen-bond donors (Lipinski definition) is 1. The van der Waals surface area contributed by atoms with E-state index in [4.69, 9.17) is 11.6 Å². The molecule has 0 bridgehead atoms. The maximum atomic E-state index is 13.0. The summed E-state index contributed by atoms with van der Waals surface area (Å²) in [4.78, 5) is 14.6. The molecular weight excluding hydrogens is 207 g/mol. The average molecular weight is 217 g/mol. The first-order chi connectivity index (χ1) is 6.74. The van der Waals surface area contributed by atoms with Gasteiger partial charge in [-0.1, -0.05) is 0 Å². The largest absolute Gasteiger partial charge is 0.355 e. The molecule has 1 rings (SSSR count). The molecule has 3 nitrogen and oxygen atoms in total. The predicted octanol–water partition coefficient (Wildman–Crippen LogP) is 1.12. The van der Waals surface area contributed by atoms with E-state index in [1.54, 1.807) is 0 Å². The van der Waals surface area contributed by atoms with Crippen LogP contribution in [-0.2, 0) is 11.2 Å². The van der Waals surface area contributed by atoms with Crippen LogP contribution in [0.5, 0.6) is 0 Å². The Balaban J connectivity index is 2.39. The molecule has 76 valence electrons. The van der Waals surface area contributed by atoms with E-state index >= 15 is 0 Å². The minimum Gasteiger partial charge on any atom is -0.355 e. The van der Waals surface area contributed by atoms with Crippen molar-refractivity contribution in [1.29, 1.82) is 0 Å². The van der Waals surface area contributed by atoms with Crippen LogP contribution in [0.25, 0.3) is 0 Å². The standard InChI is InChI=1S/C9H10ClFN2O/c10-6-9(14)13-5-3-8-7(11)2-1-4-12-8/h1-2,4H,3,5-6H2,(H,13,14). The van der Waals surface area contributed by atoms with Gasteiger partial charge in [0.2, 0.25) is 5.91 Å². The van der Waals surface area contributed by atoms with Crippen molar-refractivity contribution in [3.8, 4) is 0 Å². The van der Waals surface area contributed by atoms with Crippen molar-refractivity contribution >= 4 is 17.5 Å². The molecule has 0 saturated carbocycles. The summed E-state index contributed by atoms with van der Waals surface area (Å²) in [7, 11) is 0. The highest BCUT2D eigenvalue weighted by Crippen LogP contribution is 2.02. The van der Waals surface area contributed by atoms with Crippen LogP contribution in [0.1, 0.15) is 5.69 Å². The Bertz CT molecular complexity index is 319. The minimum absolute atomic E-state index is 0.0787. The van der Waals surface area contributed by atoms with E-state index in [2.05, 4.69) is 10.3 Å². The topological polar surface area (TPSA) is 42.0 Å². The molecule has 5 heteroatoms. The van der Waals surface area contributed by atoms with Crippen LogP contribution in [0, 0.1) is 5.82 Å². The third-order valence-corrected chi connectivity index (χ3v) is 1.88. The molecule has 0 aliphatic carbocycles. The summed E-state index contributed by atoms with van der Waals surface area (Å²) in [5.74, 6) is -0.694. The van der Waals surface area contributed by atoms with E-state index in [1.165, 1.54) is 18.3 Å². The number of nitrogens with zero attached hydrogens (tertiary/aromatic N) is 1. The lowest BCUT2D eigenvalue weighted by atomic mass is 10.2. The zero-order valence-corrected chi connectivity index (χ0v) is 8.22. The number of amides is 1. The maximum absolute atomic E-state index is 13.0. The van der Waals surface area contributed by atoms with Crippen molar-refractivity contribution in [3.63, 3.8) is 0 Å².